The summed E-state index contributed by atoms with van der Waals surface area (Å²) in [5.74, 6) is 0.405. The summed E-state index contributed by atoms with van der Waals surface area (Å²) >= 11 is 0. The maximum absolute atomic E-state index is 11.3. The highest BCUT2D eigenvalue weighted by Crippen LogP contribution is 2.22. The first-order valence-corrected chi connectivity index (χ1v) is 8.45. The second kappa shape index (κ2) is 6.81. The number of ether oxygens (including phenoxy) is 1. The summed E-state index contributed by atoms with van der Waals surface area (Å²) in [4.78, 5) is 16.2. The number of pyridine rings is 1. The van der Waals surface area contributed by atoms with E-state index in [4.69, 9.17) is 4.74 Å². The number of nitrogens with zero attached hydrogens (tertiary/aromatic N) is 3. The smallest absolute Gasteiger partial charge is 0.330 e. The van der Waals surface area contributed by atoms with Gasteiger partial charge in [-0.1, -0.05) is 0 Å². The summed E-state index contributed by atoms with van der Waals surface area (Å²) in [5.41, 5.74) is -0.151. The Morgan fingerprint density at radius 3 is 2.76 bits per heavy atom. The highest BCUT2D eigenvalue weighted by Gasteiger charge is 2.21. The van der Waals surface area contributed by atoms with Gasteiger partial charge in [0.2, 0.25) is 0 Å². The van der Waals surface area contributed by atoms with Gasteiger partial charge in [-0.2, -0.15) is 0 Å². The van der Waals surface area contributed by atoms with E-state index in [2.05, 4.69) is 9.88 Å². The molecule has 0 spiro atoms. The van der Waals surface area contributed by atoms with Crippen molar-refractivity contribution in [1.29, 1.82) is 0 Å². The second-order valence-electron chi connectivity index (χ2n) is 4.78. The van der Waals surface area contributed by atoms with Crippen LogP contribution in [0.5, 0.6) is 5.88 Å². The molecule has 2 heterocycles. The Bertz CT molecular complexity index is 591. The Morgan fingerprint density at radius 2 is 2.10 bits per heavy atom. The van der Waals surface area contributed by atoms with Crippen LogP contribution in [0.15, 0.2) is 18.3 Å². The highest BCUT2D eigenvalue weighted by atomic mass is 32.2. The Hall–Kier alpha value is -1.74. The minimum absolute atomic E-state index is 0.0173. The first-order chi connectivity index (χ1) is 9.98. The number of sulfone groups is 1. The van der Waals surface area contributed by atoms with Gasteiger partial charge in [-0.05, 0) is 12.5 Å². The molecular weight excluding hydrogens is 298 g/mol. The van der Waals surface area contributed by atoms with Crippen molar-refractivity contribution in [3.8, 4) is 5.88 Å². The van der Waals surface area contributed by atoms with Gasteiger partial charge in [-0.3, -0.25) is 10.1 Å². The minimum atomic E-state index is -2.86. The van der Waals surface area contributed by atoms with Crippen molar-refractivity contribution in [3.63, 3.8) is 0 Å². The molecule has 0 N–H and O–H groups in total. The molecule has 0 aromatic carbocycles. The summed E-state index contributed by atoms with van der Waals surface area (Å²) in [6.45, 7) is 2.08. The molecule has 1 fully saturated rings. The minimum Gasteiger partial charge on any atom is -0.473 e. The molecule has 1 aromatic heterocycles. The van der Waals surface area contributed by atoms with Crippen LogP contribution in [0.3, 0.4) is 0 Å². The molecule has 1 aromatic rings. The Kier molecular flexibility index (Phi) is 5.07. The largest absolute Gasteiger partial charge is 0.473 e. The quantitative estimate of drug-likeness (QED) is 0.427. The van der Waals surface area contributed by atoms with Crippen LogP contribution < -0.4 is 4.74 Å². The standard InChI is InChI=1S/C12H17N3O5S/c16-15(17)11-3-1-4-13-12(11)20-8-2-5-14-6-9-21(18,19)10-7-14/h1,3-4H,2,5-10H2. The average Bonchev–Trinajstić information content (AvgIpc) is 2.45. The predicted octanol–water partition coefficient (Wildman–Crippen LogP) is 0.489. The first-order valence-electron chi connectivity index (χ1n) is 6.63. The molecule has 8 nitrogen and oxygen atoms in total. The molecule has 0 saturated carbocycles. The lowest BCUT2D eigenvalue weighted by atomic mass is 10.4. The summed E-state index contributed by atoms with van der Waals surface area (Å²) in [5, 5.41) is 10.8. The van der Waals surface area contributed by atoms with Crippen molar-refractivity contribution in [2.24, 2.45) is 0 Å². The van der Waals surface area contributed by atoms with E-state index in [0.29, 0.717) is 32.7 Å². The van der Waals surface area contributed by atoms with Gasteiger partial charge in [-0.15, -0.1) is 0 Å². The molecule has 0 bridgehead atoms. The van der Waals surface area contributed by atoms with Crippen LogP contribution in [0, 0.1) is 10.1 Å². The Morgan fingerprint density at radius 1 is 1.38 bits per heavy atom. The van der Waals surface area contributed by atoms with Gasteiger partial charge in [-0.25, -0.2) is 13.4 Å². The van der Waals surface area contributed by atoms with E-state index in [1.54, 1.807) is 0 Å². The van der Waals surface area contributed by atoms with Crippen molar-refractivity contribution in [3.05, 3.63) is 28.4 Å². The van der Waals surface area contributed by atoms with E-state index >= 15 is 0 Å². The van der Waals surface area contributed by atoms with Crippen molar-refractivity contribution in [1.82, 2.24) is 9.88 Å². The van der Waals surface area contributed by atoms with Crippen LogP contribution >= 0.6 is 0 Å². The fourth-order valence-electron chi connectivity index (χ4n) is 2.06. The molecule has 0 amide bonds. The third-order valence-corrected chi connectivity index (χ3v) is 4.85. The molecule has 1 aliphatic rings. The number of nitro groups is 1. The number of hydrogen-bond acceptors (Lipinski definition) is 7. The van der Waals surface area contributed by atoms with Crippen LogP contribution in [0.25, 0.3) is 0 Å². The van der Waals surface area contributed by atoms with Crippen molar-refractivity contribution in [2.75, 3.05) is 37.7 Å². The highest BCUT2D eigenvalue weighted by molar-refractivity contribution is 7.91. The molecule has 1 saturated heterocycles. The van der Waals surface area contributed by atoms with E-state index < -0.39 is 14.8 Å². The van der Waals surface area contributed by atoms with Crippen molar-refractivity contribution in [2.45, 2.75) is 6.42 Å². The number of hydrogen-bond donors (Lipinski definition) is 0. The lowest BCUT2D eigenvalue weighted by Gasteiger charge is -2.26. The van der Waals surface area contributed by atoms with Crippen LogP contribution in [-0.4, -0.2) is 61.0 Å². The Labute approximate surface area is 122 Å². The van der Waals surface area contributed by atoms with Crippen LogP contribution in [-0.2, 0) is 9.84 Å². The van der Waals surface area contributed by atoms with Gasteiger partial charge >= 0.3 is 5.69 Å². The third-order valence-electron chi connectivity index (χ3n) is 3.24. The molecule has 1 aliphatic heterocycles. The monoisotopic (exact) mass is 315 g/mol. The van der Waals surface area contributed by atoms with E-state index in [1.807, 2.05) is 0 Å². The van der Waals surface area contributed by atoms with Gasteiger partial charge in [0.15, 0.2) is 9.84 Å². The van der Waals surface area contributed by atoms with Crippen molar-refractivity contribution >= 4 is 15.5 Å². The topological polar surface area (TPSA) is 103 Å². The Balaban J connectivity index is 1.74. The van der Waals surface area contributed by atoms with Crippen LogP contribution in [0.1, 0.15) is 6.42 Å². The average molecular weight is 315 g/mol. The predicted molar refractivity (Wildman–Crippen MR) is 76.1 cm³/mol. The number of aromatic nitrogens is 1. The van der Waals surface area contributed by atoms with Gasteiger partial charge in [0, 0.05) is 31.9 Å². The summed E-state index contributed by atoms with van der Waals surface area (Å²) < 4.78 is 27.9. The third kappa shape index (κ3) is 4.64. The van der Waals surface area contributed by atoms with Gasteiger partial charge in [0.05, 0.1) is 23.0 Å². The SMILES string of the molecule is O=[N+]([O-])c1cccnc1OCCCN1CCS(=O)(=O)CC1. The summed E-state index contributed by atoms with van der Waals surface area (Å²) in [6, 6.07) is 2.83. The zero-order valence-electron chi connectivity index (χ0n) is 11.5. The van der Waals surface area contributed by atoms with E-state index in [1.165, 1.54) is 18.3 Å². The molecule has 116 valence electrons. The second-order valence-corrected chi connectivity index (χ2v) is 7.08. The normalized spacial score (nSPS) is 18.3. The molecule has 9 heteroatoms. The molecule has 2 rings (SSSR count). The van der Waals surface area contributed by atoms with Gasteiger partial charge in [0.25, 0.3) is 5.88 Å². The fourth-order valence-corrected chi connectivity index (χ4v) is 3.34. The van der Waals surface area contributed by atoms with E-state index in [9.17, 15) is 18.5 Å². The van der Waals surface area contributed by atoms with Gasteiger partial charge < -0.3 is 9.64 Å². The molecule has 21 heavy (non-hydrogen) atoms. The van der Waals surface area contributed by atoms with Crippen LogP contribution in [0.2, 0.25) is 0 Å². The summed E-state index contributed by atoms with van der Waals surface area (Å²) in [7, 11) is -2.86. The molecule has 0 unspecified atom stereocenters. The summed E-state index contributed by atoms with van der Waals surface area (Å²) in [6.07, 6.45) is 2.10. The van der Waals surface area contributed by atoms with E-state index in [-0.39, 0.29) is 23.1 Å². The first kappa shape index (κ1) is 15.6. The lowest BCUT2D eigenvalue weighted by molar-refractivity contribution is -0.386. The zero-order chi connectivity index (χ0) is 15.3. The maximum atomic E-state index is 11.3. The van der Waals surface area contributed by atoms with Gasteiger partial charge in [0.1, 0.15) is 0 Å². The maximum Gasteiger partial charge on any atom is 0.330 e. The molecule has 0 aliphatic carbocycles. The molecule has 0 atom stereocenters. The van der Waals surface area contributed by atoms with Crippen LogP contribution in [0.4, 0.5) is 5.69 Å². The number of rotatable bonds is 6. The zero-order valence-corrected chi connectivity index (χ0v) is 12.3. The van der Waals surface area contributed by atoms with Crippen molar-refractivity contribution < 1.29 is 18.1 Å². The molecule has 0 radical (unpaired) electrons. The van der Waals surface area contributed by atoms with E-state index in [0.717, 1.165) is 0 Å². The fraction of sp³-hybridized carbons (Fsp3) is 0.583. The molecular formula is C12H17N3O5S. The lowest BCUT2D eigenvalue weighted by Crippen LogP contribution is -2.40.